The van der Waals surface area contributed by atoms with E-state index in [4.69, 9.17) is 4.74 Å². The summed E-state index contributed by atoms with van der Waals surface area (Å²) < 4.78 is 5.27. The van der Waals surface area contributed by atoms with Crippen molar-refractivity contribution in [3.8, 4) is 5.75 Å². The second-order valence-corrected chi connectivity index (χ2v) is 7.45. The molecule has 0 saturated carbocycles. The highest BCUT2D eigenvalue weighted by Gasteiger charge is 2.37. The van der Waals surface area contributed by atoms with Crippen LogP contribution >= 0.6 is 0 Å². The smallest absolute Gasteiger partial charge is 0.253 e. The van der Waals surface area contributed by atoms with E-state index in [-0.39, 0.29) is 5.91 Å². The van der Waals surface area contributed by atoms with Gasteiger partial charge in [-0.25, -0.2) is 0 Å². The number of piperidine rings is 1. The van der Waals surface area contributed by atoms with Crippen molar-refractivity contribution in [1.29, 1.82) is 0 Å². The molecular weight excluding hydrogens is 338 g/mol. The summed E-state index contributed by atoms with van der Waals surface area (Å²) in [5.41, 5.74) is 8.88. The van der Waals surface area contributed by atoms with E-state index in [1.807, 2.05) is 29.2 Å². The lowest BCUT2D eigenvalue weighted by Crippen LogP contribution is -2.48. The fourth-order valence-electron chi connectivity index (χ4n) is 4.41. The number of nitrogens with zero attached hydrogens (tertiary/aromatic N) is 1. The zero-order valence-electron chi connectivity index (χ0n) is 15.7. The molecule has 2 fully saturated rings. The second-order valence-electron chi connectivity index (χ2n) is 7.45. The molecule has 5 nitrogen and oxygen atoms in total. The van der Waals surface area contributed by atoms with Crippen LogP contribution in [0.1, 0.15) is 34.7 Å². The summed E-state index contributed by atoms with van der Waals surface area (Å²) in [5.74, 6) is 1.69. The van der Waals surface area contributed by atoms with Gasteiger partial charge in [0.15, 0.2) is 0 Å². The van der Waals surface area contributed by atoms with Gasteiger partial charge in [0, 0.05) is 37.2 Å². The Bertz CT molecular complexity index is 780. The topological polar surface area (TPSA) is 53.6 Å². The number of nitrogens with one attached hydrogen (secondary N) is 2. The van der Waals surface area contributed by atoms with E-state index in [0.29, 0.717) is 23.4 Å². The average molecular weight is 365 g/mol. The third kappa shape index (κ3) is 3.84. The Morgan fingerprint density at radius 1 is 1.15 bits per heavy atom. The van der Waals surface area contributed by atoms with E-state index in [1.165, 1.54) is 5.56 Å². The lowest BCUT2D eigenvalue weighted by molar-refractivity contribution is 0.0644. The molecule has 3 atom stereocenters. The van der Waals surface area contributed by atoms with Crippen molar-refractivity contribution < 1.29 is 9.53 Å². The first-order chi connectivity index (χ1) is 13.3. The Labute approximate surface area is 160 Å². The monoisotopic (exact) mass is 365 g/mol. The van der Waals surface area contributed by atoms with Gasteiger partial charge < -0.3 is 9.64 Å². The number of amides is 1. The minimum atomic E-state index is 0.0980. The molecule has 2 heterocycles. The number of carbonyl (C=O) groups is 1. The van der Waals surface area contributed by atoms with Crippen LogP contribution in [0.3, 0.4) is 0 Å². The molecular formula is C22H27N3O2. The van der Waals surface area contributed by atoms with E-state index in [2.05, 4.69) is 41.2 Å². The van der Waals surface area contributed by atoms with Gasteiger partial charge in [0.1, 0.15) is 5.75 Å². The van der Waals surface area contributed by atoms with Crippen molar-refractivity contribution in [3.63, 3.8) is 0 Å². The summed E-state index contributed by atoms with van der Waals surface area (Å²) in [4.78, 5) is 15.0. The van der Waals surface area contributed by atoms with E-state index < -0.39 is 0 Å². The highest BCUT2D eigenvalue weighted by molar-refractivity contribution is 5.94. The summed E-state index contributed by atoms with van der Waals surface area (Å²) in [6, 6.07) is 18.5. The highest BCUT2D eigenvalue weighted by atomic mass is 16.5. The third-order valence-electron chi connectivity index (χ3n) is 5.82. The van der Waals surface area contributed by atoms with Crippen molar-refractivity contribution in [1.82, 2.24) is 15.8 Å². The molecule has 0 aliphatic carbocycles. The Morgan fingerprint density at radius 3 is 2.81 bits per heavy atom. The van der Waals surface area contributed by atoms with Crippen LogP contribution in [0.2, 0.25) is 0 Å². The van der Waals surface area contributed by atoms with Gasteiger partial charge >= 0.3 is 0 Å². The highest BCUT2D eigenvalue weighted by Crippen LogP contribution is 2.32. The summed E-state index contributed by atoms with van der Waals surface area (Å²) in [5, 5.41) is 0. The number of methoxy groups -OCH3 is 1. The molecule has 2 aromatic rings. The van der Waals surface area contributed by atoms with Crippen LogP contribution in [0.4, 0.5) is 0 Å². The third-order valence-corrected chi connectivity index (χ3v) is 5.82. The van der Waals surface area contributed by atoms with Crippen molar-refractivity contribution in [2.75, 3.05) is 26.7 Å². The predicted molar refractivity (Wildman–Crippen MR) is 106 cm³/mol. The number of hydrogen-bond acceptors (Lipinski definition) is 4. The number of hydrazine groups is 1. The predicted octanol–water partition coefficient (Wildman–Crippen LogP) is 2.81. The number of likely N-dealkylation sites (tertiary alicyclic amines) is 1. The largest absolute Gasteiger partial charge is 0.497 e. The minimum Gasteiger partial charge on any atom is -0.497 e. The van der Waals surface area contributed by atoms with Gasteiger partial charge in [-0.05, 0) is 42.5 Å². The zero-order valence-corrected chi connectivity index (χ0v) is 15.7. The van der Waals surface area contributed by atoms with Crippen LogP contribution in [0.5, 0.6) is 5.75 Å². The summed E-state index contributed by atoms with van der Waals surface area (Å²) in [6.07, 6.45) is 2.19. The fourth-order valence-corrected chi connectivity index (χ4v) is 4.41. The molecule has 0 aromatic heterocycles. The number of rotatable bonds is 4. The van der Waals surface area contributed by atoms with E-state index >= 15 is 0 Å². The molecule has 0 spiro atoms. The molecule has 27 heavy (non-hydrogen) atoms. The first-order valence-corrected chi connectivity index (χ1v) is 9.73. The molecule has 142 valence electrons. The molecule has 2 saturated heterocycles. The first kappa shape index (κ1) is 18.0. The van der Waals surface area contributed by atoms with Gasteiger partial charge in [-0.15, -0.1) is 0 Å². The molecule has 0 bridgehead atoms. The standard InChI is InChI=1S/C22H27N3O2/c1-27-19-11-5-9-17(13-19)22(26)25-12-6-10-18(15-25)21-20(14-23-24-21)16-7-3-2-4-8-16/h2-5,7-9,11,13,18,20-21,23-24H,6,10,12,14-15H2,1H3. The lowest BCUT2D eigenvalue weighted by atomic mass is 9.81. The molecule has 2 N–H and O–H groups in total. The zero-order chi connectivity index (χ0) is 18.6. The average Bonchev–Trinajstić information content (AvgIpc) is 3.24. The van der Waals surface area contributed by atoms with Crippen molar-refractivity contribution in [3.05, 3.63) is 65.7 Å². The normalized spacial score (nSPS) is 25.4. The maximum Gasteiger partial charge on any atom is 0.253 e. The van der Waals surface area contributed by atoms with Gasteiger partial charge in [-0.2, -0.15) is 0 Å². The molecule has 2 aromatic carbocycles. The molecule has 4 rings (SSSR count). The van der Waals surface area contributed by atoms with Crippen LogP contribution in [0, 0.1) is 5.92 Å². The quantitative estimate of drug-likeness (QED) is 0.875. The van der Waals surface area contributed by atoms with E-state index in [1.54, 1.807) is 7.11 Å². The maximum atomic E-state index is 13.0. The second kappa shape index (κ2) is 8.11. The first-order valence-electron chi connectivity index (χ1n) is 9.73. The van der Waals surface area contributed by atoms with Gasteiger partial charge in [-0.1, -0.05) is 36.4 Å². The van der Waals surface area contributed by atoms with E-state index in [9.17, 15) is 4.79 Å². The number of ether oxygens (including phenoxy) is 1. The number of hydrogen-bond donors (Lipinski definition) is 2. The molecule has 0 radical (unpaired) electrons. The van der Waals surface area contributed by atoms with Crippen LogP contribution in [0.15, 0.2) is 54.6 Å². The lowest BCUT2D eigenvalue weighted by Gasteiger charge is -2.37. The Morgan fingerprint density at radius 2 is 2.00 bits per heavy atom. The molecule has 3 unspecified atom stereocenters. The maximum absolute atomic E-state index is 13.0. The van der Waals surface area contributed by atoms with Crippen LogP contribution in [0.25, 0.3) is 0 Å². The summed E-state index contributed by atoms with van der Waals surface area (Å²) >= 11 is 0. The van der Waals surface area contributed by atoms with Gasteiger partial charge in [0.25, 0.3) is 5.91 Å². The van der Waals surface area contributed by atoms with Gasteiger partial charge in [-0.3, -0.25) is 15.6 Å². The van der Waals surface area contributed by atoms with Gasteiger partial charge in [0.05, 0.1) is 7.11 Å². The van der Waals surface area contributed by atoms with Crippen LogP contribution in [-0.4, -0.2) is 43.6 Å². The van der Waals surface area contributed by atoms with Crippen molar-refractivity contribution in [2.45, 2.75) is 24.8 Å². The minimum absolute atomic E-state index is 0.0980. The van der Waals surface area contributed by atoms with Crippen molar-refractivity contribution >= 4 is 5.91 Å². The summed E-state index contributed by atoms with van der Waals surface area (Å²) in [7, 11) is 1.63. The SMILES string of the molecule is COc1cccc(C(=O)N2CCCC(C3NNCC3c3ccccc3)C2)c1. The molecule has 2 aliphatic rings. The molecule has 5 heteroatoms. The molecule has 1 amide bonds. The fraction of sp³-hybridized carbons (Fsp3) is 0.409. The van der Waals surface area contributed by atoms with E-state index in [0.717, 1.165) is 38.2 Å². The van der Waals surface area contributed by atoms with Crippen molar-refractivity contribution in [2.24, 2.45) is 5.92 Å². The Balaban J connectivity index is 1.48. The Kier molecular flexibility index (Phi) is 5.41. The van der Waals surface area contributed by atoms with Crippen LogP contribution < -0.4 is 15.6 Å². The number of benzene rings is 2. The molecule has 2 aliphatic heterocycles. The van der Waals surface area contributed by atoms with Gasteiger partial charge in [0.2, 0.25) is 0 Å². The van der Waals surface area contributed by atoms with Crippen LogP contribution in [-0.2, 0) is 0 Å². The summed E-state index contributed by atoms with van der Waals surface area (Å²) in [6.45, 7) is 2.54. The number of carbonyl (C=O) groups excluding carboxylic acids is 1. The Hall–Kier alpha value is -2.37.